The molecule has 2 aromatic heterocycles. The van der Waals surface area contributed by atoms with Crippen LogP contribution in [-0.2, 0) is 0 Å². The third-order valence-electron chi connectivity index (χ3n) is 5.28. The van der Waals surface area contributed by atoms with Gasteiger partial charge >= 0.3 is 0 Å². The van der Waals surface area contributed by atoms with Crippen LogP contribution < -0.4 is 10.9 Å². The number of aromatic nitrogens is 2. The molecule has 0 bridgehead atoms. The summed E-state index contributed by atoms with van der Waals surface area (Å²) in [5.74, 6) is 0. The van der Waals surface area contributed by atoms with Gasteiger partial charge in [-0.25, -0.2) is 0 Å². The molecule has 6 rings (SSSR count). The molecule has 0 spiro atoms. The van der Waals surface area contributed by atoms with Crippen LogP contribution in [0.2, 0.25) is 0 Å². The Balaban J connectivity index is 0.000000144. The molecule has 2 N–H and O–H groups in total. The summed E-state index contributed by atoms with van der Waals surface area (Å²) in [7, 11) is 0. The van der Waals surface area contributed by atoms with Crippen molar-refractivity contribution in [3.8, 4) is 0 Å². The minimum absolute atomic E-state index is 0. The van der Waals surface area contributed by atoms with Crippen LogP contribution in [-0.4, -0.2) is 36.2 Å². The fourth-order valence-corrected chi connectivity index (χ4v) is 3.88. The second kappa shape index (κ2) is 8.83. The first kappa shape index (κ1) is 21.0. The van der Waals surface area contributed by atoms with Crippen LogP contribution in [0.3, 0.4) is 0 Å². The Morgan fingerprint density at radius 1 is 0.452 bits per heavy atom. The number of aromatic amines is 2. The number of pyridine rings is 2. The van der Waals surface area contributed by atoms with Crippen LogP contribution >= 0.6 is 0 Å². The molecular formula is C26H18BiN2O2. The van der Waals surface area contributed by atoms with Crippen LogP contribution in [0.15, 0.2) is 107 Å². The van der Waals surface area contributed by atoms with E-state index >= 15 is 0 Å². The first-order valence-electron chi connectivity index (χ1n) is 9.71. The average Bonchev–Trinajstić information content (AvgIpc) is 2.79. The van der Waals surface area contributed by atoms with Crippen molar-refractivity contribution in [2.45, 2.75) is 0 Å². The summed E-state index contributed by atoms with van der Waals surface area (Å²) in [6.45, 7) is 0. The number of hydrogen-bond donors (Lipinski definition) is 2. The predicted octanol–water partition coefficient (Wildman–Crippen LogP) is 4.98. The Bertz CT molecular complexity index is 1530. The Hall–Kier alpha value is -3.30. The fraction of sp³-hybridized carbons (Fsp3) is 0. The molecule has 3 radical (unpaired) electrons. The van der Waals surface area contributed by atoms with Crippen LogP contribution in [0.5, 0.6) is 0 Å². The van der Waals surface area contributed by atoms with Gasteiger partial charge in [-0.2, -0.15) is 0 Å². The normalized spacial score (nSPS) is 10.6. The van der Waals surface area contributed by atoms with Gasteiger partial charge in [0.25, 0.3) is 0 Å². The monoisotopic (exact) mass is 599 g/mol. The topological polar surface area (TPSA) is 65.7 Å². The molecule has 0 saturated carbocycles. The van der Waals surface area contributed by atoms with Crippen molar-refractivity contribution in [1.82, 2.24) is 9.97 Å². The van der Waals surface area contributed by atoms with Gasteiger partial charge in [0.15, 0.2) is 10.9 Å². The molecule has 0 aliphatic heterocycles. The Morgan fingerprint density at radius 3 is 1.29 bits per heavy atom. The molecule has 0 amide bonds. The minimum Gasteiger partial charge on any atom is -0.361 e. The van der Waals surface area contributed by atoms with Crippen molar-refractivity contribution in [1.29, 1.82) is 0 Å². The van der Waals surface area contributed by atoms with Gasteiger partial charge in [0.1, 0.15) is 0 Å². The molecule has 0 fully saturated rings. The zero-order chi connectivity index (χ0) is 20.5. The van der Waals surface area contributed by atoms with Crippen molar-refractivity contribution in [2.75, 3.05) is 0 Å². The summed E-state index contributed by atoms with van der Waals surface area (Å²) in [5.41, 5.74) is 1.97. The standard InChI is InChI=1S/2C13H9NO.Bi/c2*15-11-5-1-3-9-6-7-10-4-2-8-14-13(10)12(9)11;/h2*1-8,14H;. The van der Waals surface area contributed by atoms with Gasteiger partial charge in [-0.1, -0.05) is 60.7 Å². The SMILES string of the molecule is O=c1cccc2ccc3ccc[nH]c3c12.O=c1cccc2ccc3ccc[nH]c3c12.[Bi]. The van der Waals surface area contributed by atoms with E-state index in [1.165, 1.54) is 0 Å². The molecule has 31 heavy (non-hydrogen) atoms. The van der Waals surface area contributed by atoms with Crippen molar-refractivity contribution in [3.05, 3.63) is 118 Å². The van der Waals surface area contributed by atoms with E-state index < -0.39 is 0 Å². The van der Waals surface area contributed by atoms with E-state index in [4.69, 9.17) is 0 Å². The molecule has 0 aliphatic carbocycles. The summed E-state index contributed by atoms with van der Waals surface area (Å²) in [6, 6.07) is 26.6. The van der Waals surface area contributed by atoms with E-state index in [1.807, 2.05) is 73.1 Å². The fourth-order valence-electron chi connectivity index (χ4n) is 3.88. The first-order chi connectivity index (χ1) is 14.7. The Labute approximate surface area is 196 Å². The van der Waals surface area contributed by atoms with Gasteiger partial charge in [0.2, 0.25) is 0 Å². The van der Waals surface area contributed by atoms with E-state index in [1.54, 1.807) is 24.3 Å². The van der Waals surface area contributed by atoms with Gasteiger partial charge in [0, 0.05) is 38.6 Å². The van der Waals surface area contributed by atoms with E-state index in [0.29, 0.717) is 0 Å². The molecule has 0 unspecified atom stereocenters. The largest absolute Gasteiger partial charge is 0.361 e. The van der Waals surface area contributed by atoms with Crippen LogP contribution in [0, 0.1) is 0 Å². The molecule has 6 aromatic rings. The molecule has 2 heterocycles. The molecular weight excluding hydrogens is 581 g/mol. The summed E-state index contributed by atoms with van der Waals surface area (Å²) >= 11 is 0. The van der Waals surface area contributed by atoms with Gasteiger partial charge in [-0.15, -0.1) is 0 Å². The summed E-state index contributed by atoms with van der Waals surface area (Å²) in [4.78, 5) is 29.8. The number of rotatable bonds is 0. The van der Waals surface area contributed by atoms with Gasteiger partial charge in [-0.05, 0) is 45.8 Å². The molecule has 149 valence electrons. The third kappa shape index (κ3) is 3.89. The third-order valence-corrected chi connectivity index (χ3v) is 5.28. The van der Waals surface area contributed by atoms with E-state index in [0.717, 1.165) is 43.4 Å². The maximum atomic E-state index is 11.8. The maximum Gasteiger partial charge on any atom is 0.188 e. The maximum absolute atomic E-state index is 11.8. The number of fused-ring (bicyclic) bond motifs is 6. The van der Waals surface area contributed by atoms with E-state index in [2.05, 4.69) is 9.97 Å². The summed E-state index contributed by atoms with van der Waals surface area (Å²) < 4.78 is 0. The number of hydrogen-bond acceptors (Lipinski definition) is 2. The Kier molecular flexibility index (Phi) is 5.97. The van der Waals surface area contributed by atoms with Crippen LogP contribution in [0.1, 0.15) is 0 Å². The zero-order valence-electron chi connectivity index (χ0n) is 16.5. The van der Waals surface area contributed by atoms with Gasteiger partial charge in [-0.3, -0.25) is 9.59 Å². The summed E-state index contributed by atoms with van der Waals surface area (Å²) in [5, 5.41) is 5.64. The molecule has 4 nitrogen and oxygen atoms in total. The van der Waals surface area contributed by atoms with Crippen LogP contribution in [0.25, 0.3) is 43.4 Å². The average molecular weight is 599 g/mol. The molecule has 0 aliphatic rings. The molecule has 0 saturated heterocycles. The van der Waals surface area contributed by atoms with E-state index in [9.17, 15) is 9.59 Å². The van der Waals surface area contributed by atoms with Gasteiger partial charge in [0.05, 0.1) is 21.8 Å². The first-order valence-corrected chi connectivity index (χ1v) is 9.71. The van der Waals surface area contributed by atoms with Crippen molar-refractivity contribution < 1.29 is 0 Å². The second-order valence-electron chi connectivity index (χ2n) is 7.11. The number of benzene rings is 4. The predicted molar refractivity (Wildman–Crippen MR) is 130 cm³/mol. The zero-order valence-corrected chi connectivity index (χ0v) is 20.0. The Morgan fingerprint density at radius 2 is 0.839 bits per heavy atom. The van der Waals surface area contributed by atoms with E-state index in [-0.39, 0.29) is 37.1 Å². The smallest absolute Gasteiger partial charge is 0.188 e. The molecule has 5 heteroatoms. The summed E-state index contributed by atoms with van der Waals surface area (Å²) in [6.07, 6.45) is 3.68. The quantitative estimate of drug-likeness (QED) is 0.191. The van der Waals surface area contributed by atoms with Crippen molar-refractivity contribution >= 4 is 69.6 Å². The number of H-pyrrole nitrogens is 2. The molecule has 4 aromatic carbocycles. The minimum atomic E-state index is 0. The van der Waals surface area contributed by atoms with Crippen molar-refractivity contribution in [3.63, 3.8) is 0 Å². The second-order valence-corrected chi connectivity index (χ2v) is 7.11. The van der Waals surface area contributed by atoms with Gasteiger partial charge < -0.3 is 9.97 Å². The molecule has 0 atom stereocenters. The number of nitrogens with one attached hydrogen (secondary N) is 2. The van der Waals surface area contributed by atoms with Crippen molar-refractivity contribution in [2.24, 2.45) is 0 Å². The van der Waals surface area contributed by atoms with Crippen LogP contribution in [0.4, 0.5) is 0 Å².